The highest BCUT2D eigenvalue weighted by Crippen LogP contribution is 2.19. The fraction of sp³-hybridized carbons (Fsp3) is 0.562. The Bertz CT molecular complexity index is 526. The molecule has 2 atom stereocenters. The molecular formula is C16H24F2N2O3. The van der Waals surface area contributed by atoms with Gasteiger partial charge in [0.05, 0.1) is 6.10 Å². The van der Waals surface area contributed by atoms with Crippen LogP contribution in [-0.2, 0) is 4.74 Å². The molecule has 5 nitrogen and oxygen atoms in total. The van der Waals surface area contributed by atoms with E-state index in [1.54, 1.807) is 20.8 Å². The van der Waals surface area contributed by atoms with E-state index in [4.69, 9.17) is 10.5 Å². The second-order valence-electron chi connectivity index (χ2n) is 6.56. The summed E-state index contributed by atoms with van der Waals surface area (Å²) in [7, 11) is 1.49. The molecule has 0 fully saturated rings. The van der Waals surface area contributed by atoms with Crippen LogP contribution in [0.15, 0.2) is 18.2 Å². The molecule has 0 radical (unpaired) electrons. The largest absolute Gasteiger partial charge is 0.444 e. The molecule has 0 saturated carbocycles. The number of carbonyl (C=O) groups excluding carboxylic acids is 1. The molecule has 2 unspecified atom stereocenters. The molecule has 0 aliphatic carbocycles. The fourth-order valence-corrected chi connectivity index (χ4v) is 2.02. The first-order valence-electron chi connectivity index (χ1n) is 7.31. The summed E-state index contributed by atoms with van der Waals surface area (Å²) in [4.78, 5) is 13.0. The number of nitrogens with two attached hydrogens (primary N) is 1. The van der Waals surface area contributed by atoms with Crippen LogP contribution in [-0.4, -0.2) is 41.4 Å². The monoisotopic (exact) mass is 330 g/mol. The number of amides is 1. The average Bonchev–Trinajstić information content (AvgIpc) is 2.34. The lowest BCUT2D eigenvalue weighted by molar-refractivity contribution is 0.0193. The van der Waals surface area contributed by atoms with Crippen molar-refractivity contribution in [1.29, 1.82) is 0 Å². The fourth-order valence-electron chi connectivity index (χ4n) is 2.02. The quantitative estimate of drug-likeness (QED) is 0.870. The Morgan fingerprint density at radius 2 is 1.83 bits per heavy atom. The first-order chi connectivity index (χ1) is 10.5. The van der Waals surface area contributed by atoms with Gasteiger partial charge >= 0.3 is 6.09 Å². The number of rotatable bonds is 5. The SMILES string of the molecule is CN(CC(O)CC(N)c1cc(F)cc(F)c1)C(=O)OC(C)(C)C. The zero-order valence-electron chi connectivity index (χ0n) is 13.8. The van der Waals surface area contributed by atoms with Crippen molar-refractivity contribution in [1.82, 2.24) is 4.90 Å². The van der Waals surface area contributed by atoms with Crippen LogP contribution >= 0.6 is 0 Å². The highest BCUT2D eigenvalue weighted by atomic mass is 19.1. The van der Waals surface area contributed by atoms with Crippen LogP contribution in [0.3, 0.4) is 0 Å². The predicted molar refractivity (Wildman–Crippen MR) is 82.8 cm³/mol. The number of aliphatic hydroxyl groups is 1. The van der Waals surface area contributed by atoms with Crippen LogP contribution in [0.1, 0.15) is 38.8 Å². The molecular weight excluding hydrogens is 306 g/mol. The van der Waals surface area contributed by atoms with Gasteiger partial charge in [-0.25, -0.2) is 13.6 Å². The van der Waals surface area contributed by atoms with Gasteiger partial charge in [0.15, 0.2) is 0 Å². The molecule has 1 aromatic rings. The van der Waals surface area contributed by atoms with Gasteiger partial charge in [0.25, 0.3) is 0 Å². The lowest BCUT2D eigenvalue weighted by Gasteiger charge is -2.26. The predicted octanol–water partition coefficient (Wildman–Crippen LogP) is 2.58. The van der Waals surface area contributed by atoms with Gasteiger partial charge in [0, 0.05) is 25.7 Å². The summed E-state index contributed by atoms with van der Waals surface area (Å²) < 4.78 is 31.5. The van der Waals surface area contributed by atoms with E-state index < -0.39 is 35.5 Å². The van der Waals surface area contributed by atoms with Crippen molar-refractivity contribution in [2.45, 2.75) is 44.9 Å². The van der Waals surface area contributed by atoms with E-state index in [0.717, 1.165) is 18.2 Å². The summed E-state index contributed by atoms with van der Waals surface area (Å²) in [6, 6.07) is 2.25. The van der Waals surface area contributed by atoms with Crippen LogP contribution in [0, 0.1) is 11.6 Å². The smallest absolute Gasteiger partial charge is 0.410 e. The van der Waals surface area contributed by atoms with E-state index in [0.29, 0.717) is 0 Å². The molecule has 130 valence electrons. The average molecular weight is 330 g/mol. The maximum absolute atomic E-state index is 13.2. The second kappa shape index (κ2) is 7.70. The molecule has 3 N–H and O–H groups in total. The molecule has 0 aliphatic heterocycles. The summed E-state index contributed by atoms with van der Waals surface area (Å²) in [5, 5.41) is 10.0. The maximum Gasteiger partial charge on any atom is 0.410 e. The maximum atomic E-state index is 13.2. The van der Waals surface area contributed by atoms with Gasteiger partial charge in [-0.15, -0.1) is 0 Å². The van der Waals surface area contributed by atoms with Crippen molar-refractivity contribution >= 4 is 6.09 Å². The Balaban J connectivity index is 2.58. The number of hydrogen-bond donors (Lipinski definition) is 2. The van der Waals surface area contributed by atoms with Crippen LogP contribution < -0.4 is 5.73 Å². The molecule has 0 bridgehead atoms. The third-order valence-corrected chi connectivity index (χ3v) is 3.03. The van der Waals surface area contributed by atoms with Crippen molar-refractivity contribution in [3.8, 4) is 0 Å². The van der Waals surface area contributed by atoms with Crippen LogP contribution in [0.25, 0.3) is 0 Å². The number of nitrogens with zero attached hydrogens (tertiary/aromatic N) is 1. The van der Waals surface area contributed by atoms with Crippen molar-refractivity contribution in [2.24, 2.45) is 5.73 Å². The van der Waals surface area contributed by atoms with Gasteiger partial charge in [-0.1, -0.05) is 0 Å². The number of ether oxygens (including phenoxy) is 1. The molecule has 0 spiro atoms. The minimum atomic E-state index is -0.950. The number of likely N-dealkylation sites (N-methyl/N-ethyl adjacent to an activating group) is 1. The minimum absolute atomic E-state index is 0.000408. The highest BCUT2D eigenvalue weighted by Gasteiger charge is 2.22. The Kier molecular flexibility index (Phi) is 6.47. The van der Waals surface area contributed by atoms with Gasteiger partial charge in [0.1, 0.15) is 17.2 Å². The molecule has 0 saturated heterocycles. The summed E-state index contributed by atoms with van der Waals surface area (Å²) in [5.74, 6) is -1.45. The van der Waals surface area contributed by atoms with Gasteiger partial charge in [-0.2, -0.15) is 0 Å². The molecule has 1 rings (SSSR count). The van der Waals surface area contributed by atoms with E-state index in [-0.39, 0.29) is 18.5 Å². The zero-order valence-corrected chi connectivity index (χ0v) is 13.8. The number of benzene rings is 1. The Morgan fingerprint density at radius 3 is 2.30 bits per heavy atom. The lowest BCUT2D eigenvalue weighted by Crippen LogP contribution is -2.39. The van der Waals surface area contributed by atoms with Gasteiger partial charge in [-0.05, 0) is 44.9 Å². The lowest BCUT2D eigenvalue weighted by atomic mass is 10.0. The number of carbonyl (C=O) groups is 1. The molecule has 0 aromatic heterocycles. The Labute approximate surface area is 135 Å². The Morgan fingerprint density at radius 1 is 1.30 bits per heavy atom. The van der Waals surface area contributed by atoms with E-state index in [1.165, 1.54) is 11.9 Å². The topological polar surface area (TPSA) is 75.8 Å². The van der Waals surface area contributed by atoms with Crippen molar-refractivity contribution in [3.05, 3.63) is 35.4 Å². The first kappa shape index (κ1) is 19.3. The van der Waals surface area contributed by atoms with E-state index in [1.807, 2.05) is 0 Å². The van der Waals surface area contributed by atoms with E-state index in [2.05, 4.69) is 0 Å². The number of aliphatic hydroxyl groups excluding tert-OH is 1. The van der Waals surface area contributed by atoms with Gasteiger partial charge in [0.2, 0.25) is 0 Å². The second-order valence-corrected chi connectivity index (χ2v) is 6.56. The van der Waals surface area contributed by atoms with E-state index >= 15 is 0 Å². The minimum Gasteiger partial charge on any atom is -0.444 e. The summed E-state index contributed by atoms with van der Waals surface area (Å²) in [6.07, 6.45) is -1.47. The number of hydrogen-bond acceptors (Lipinski definition) is 4. The van der Waals surface area contributed by atoms with Crippen molar-refractivity contribution < 1.29 is 23.4 Å². The van der Waals surface area contributed by atoms with Crippen molar-refractivity contribution in [2.75, 3.05) is 13.6 Å². The van der Waals surface area contributed by atoms with Crippen LogP contribution in [0.2, 0.25) is 0 Å². The summed E-state index contributed by atoms with van der Waals surface area (Å²) in [5.41, 5.74) is 5.48. The Hall–Kier alpha value is -1.73. The summed E-state index contributed by atoms with van der Waals surface area (Å²) in [6.45, 7) is 5.22. The standard InChI is InChI=1S/C16H24F2N2O3/c1-16(2,3)23-15(22)20(4)9-13(21)8-14(19)10-5-11(17)7-12(18)6-10/h5-7,13-14,21H,8-9,19H2,1-4H3. The third kappa shape index (κ3) is 6.92. The molecule has 0 heterocycles. The van der Waals surface area contributed by atoms with Gasteiger partial charge in [-0.3, -0.25) is 0 Å². The van der Waals surface area contributed by atoms with Crippen LogP contribution in [0.5, 0.6) is 0 Å². The first-order valence-corrected chi connectivity index (χ1v) is 7.31. The summed E-state index contributed by atoms with van der Waals surface area (Å²) >= 11 is 0. The number of halogens is 2. The van der Waals surface area contributed by atoms with Gasteiger partial charge < -0.3 is 20.5 Å². The molecule has 1 amide bonds. The molecule has 7 heteroatoms. The van der Waals surface area contributed by atoms with E-state index in [9.17, 15) is 18.7 Å². The van der Waals surface area contributed by atoms with Crippen LogP contribution in [0.4, 0.5) is 13.6 Å². The third-order valence-electron chi connectivity index (χ3n) is 3.03. The normalized spacial score (nSPS) is 14.3. The zero-order chi connectivity index (χ0) is 17.8. The highest BCUT2D eigenvalue weighted by molar-refractivity contribution is 5.67. The molecule has 1 aromatic carbocycles. The molecule has 0 aliphatic rings. The molecule has 23 heavy (non-hydrogen) atoms. The van der Waals surface area contributed by atoms with Crippen molar-refractivity contribution in [3.63, 3.8) is 0 Å².